The Hall–Kier alpha value is -3.53. The van der Waals surface area contributed by atoms with E-state index in [9.17, 15) is 25.0 Å². The number of hydrogen-bond acceptors (Lipinski definition) is 7. The molecule has 0 bridgehead atoms. The van der Waals surface area contributed by atoms with Gasteiger partial charge in [0.25, 0.3) is 11.4 Å². The smallest absolute Gasteiger partial charge is 0.296 e. The van der Waals surface area contributed by atoms with E-state index in [1.54, 1.807) is 37.1 Å². The minimum atomic E-state index is -0.693. The number of anilines is 1. The molecular weight excluding hydrogens is 368 g/mol. The van der Waals surface area contributed by atoms with Gasteiger partial charge < -0.3 is 10.1 Å². The van der Waals surface area contributed by atoms with E-state index in [1.165, 1.54) is 31.4 Å². The third kappa shape index (κ3) is 4.80. The number of likely N-dealkylation sites (N-methyl/N-ethyl adjacent to an activating group) is 1. The average Bonchev–Trinajstić information content (AvgIpc) is 2.67. The molecule has 0 aliphatic heterocycles. The van der Waals surface area contributed by atoms with Crippen LogP contribution in [0.5, 0.6) is 5.75 Å². The van der Waals surface area contributed by atoms with E-state index in [4.69, 9.17) is 4.74 Å². The zero-order valence-corrected chi connectivity index (χ0v) is 15.6. The summed E-state index contributed by atoms with van der Waals surface area (Å²) in [4.78, 5) is 35.5. The minimum Gasteiger partial charge on any atom is -0.496 e. The summed E-state index contributed by atoms with van der Waals surface area (Å²) in [6, 6.07) is 9.69. The standard InChI is InChI=1S/C18H20N4O6/c1-12(20(2)11-13-6-4-5-7-16(13)21(24)25)18(23)19-15-9-8-14(28-3)10-17(15)22(26)27/h4-10,12H,11H2,1-3H3,(H,19,23). The predicted octanol–water partition coefficient (Wildman–Crippen LogP) is 2.97. The maximum absolute atomic E-state index is 12.6. The molecule has 0 fully saturated rings. The van der Waals surface area contributed by atoms with Gasteiger partial charge in [-0.25, -0.2) is 0 Å². The van der Waals surface area contributed by atoms with E-state index in [1.807, 2.05) is 0 Å². The number of para-hydroxylation sites is 1. The molecule has 0 spiro atoms. The van der Waals surface area contributed by atoms with Gasteiger partial charge in [-0.3, -0.25) is 29.9 Å². The van der Waals surface area contributed by atoms with Crippen LogP contribution in [0.15, 0.2) is 42.5 Å². The molecule has 148 valence electrons. The Kier molecular flexibility index (Phi) is 6.61. The van der Waals surface area contributed by atoms with Crippen LogP contribution >= 0.6 is 0 Å². The largest absolute Gasteiger partial charge is 0.496 e. The molecule has 10 heteroatoms. The van der Waals surface area contributed by atoms with E-state index in [0.717, 1.165) is 0 Å². The molecule has 0 radical (unpaired) electrons. The van der Waals surface area contributed by atoms with Crippen LogP contribution < -0.4 is 10.1 Å². The summed E-state index contributed by atoms with van der Waals surface area (Å²) in [6.07, 6.45) is 0. The summed E-state index contributed by atoms with van der Waals surface area (Å²) < 4.78 is 4.97. The molecule has 28 heavy (non-hydrogen) atoms. The molecule has 0 aliphatic rings. The van der Waals surface area contributed by atoms with Crippen molar-refractivity contribution in [3.05, 3.63) is 68.3 Å². The molecule has 0 saturated carbocycles. The lowest BCUT2D eigenvalue weighted by molar-refractivity contribution is -0.385. The Morgan fingerprint density at radius 1 is 1.14 bits per heavy atom. The summed E-state index contributed by atoms with van der Waals surface area (Å²) in [5, 5.41) is 24.9. The molecule has 2 aromatic rings. The van der Waals surface area contributed by atoms with E-state index in [2.05, 4.69) is 5.32 Å². The molecule has 0 heterocycles. The van der Waals surface area contributed by atoms with Crippen molar-refractivity contribution in [1.29, 1.82) is 0 Å². The summed E-state index contributed by atoms with van der Waals surface area (Å²) >= 11 is 0. The molecule has 10 nitrogen and oxygen atoms in total. The lowest BCUT2D eigenvalue weighted by atomic mass is 10.1. The quantitative estimate of drug-likeness (QED) is 0.544. The van der Waals surface area contributed by atoms with Gasteiger partial charge in [0.05, 0.1) is 29.1 Å². The van der Waals surface area contributed by atoms with Gasteiger partial charge in [0.2, 0.25) is 5.91 Å². The number of benzene rings is 2. The van der Waals surface area contributed by atoms with Crippen molar-refractivity contribution in [2.45, 2.75) is 19.5 Å². The normalized spacial score (nSPS) is 11.7. The second-order valence-corrected chi connectivity index (χ2v) is 6.11. The topological polar surface area (TPSA) is 128 Å². The first kappa shape index (κ1) is 20.8. The minimum absolute atomic E-state index is 0.0345. The summed E-state index contributed by atoms with van der Waals surface area (Å²) in [7, 11) is 3.03. The fourth-order valence-corrected chi connectivity index (χ4v) is 2.56. The number of nitro groups is 2. The lowest BCUT2D eigenvalue weighted by Crippen LogP contribution is -2.39. The first-order chi connectivity index (χ1) is 13.2. The number of hydrogen-bond donors (Lipinski definition) is 1. The van der Waals surface area contributed by atoms with Crippen LogP contribution in [0.2, 0.25) is 0 Å². The Labute approximate surface area is 161 Å². The van der Waals surface area contributed by atoms with Crippen LogP contribution in [0.25, 0.3) is 0 Å². The van der Waals surface area contributed by atoms with Gasteiger partial charge in [0.1, 0.15) is 11.4 Å². The number of nitro benzene ring substituents is 2. The third-order valence-corrected chi connectivity index (χ3v) is 4.31. The number of amides is 1. The van der Waals surface area contributed by atoms with Crippen LogP contribution in [-0.4, -0.2) is 40.9 Å². The number of ether oxygens (including phenoxy) is 1. The molecule has 0 saturated heterocycles. The van der Waals surface area contributed by atoms with Crippen molar-refractivity contribution in [2.75, 3.05) is 19.5 Å². The molecule has 1 N–H and O–H groups in total. The van der Waals surface area contributed by atoms with Crippen molar-refractivity contribution in [3.63, 3.8) is 0 Å². The molecule has 0 aromatic heterocycles. The van der Waals surface area contributed by atoms with Gasteiger partial charge in [-0.05, 0) is 26.1 Å². The summed E-state index contributed by atoms with van der Waals surface area (Å²) in [6.45, 7) is 1.77. The number of methoxy groups -OCH3 is 1. The number of carbonyl (C=O) groups is 1. The Balaban J connectivity index is 2.15. The second-order valence-electron chi connectivity index (χ2n) is 6.11. The van der Waals surface area contributed by atoms with E-state index < -0.39 is 21.8 Å². The molecule has 2 rings (SSSR count). The number of rotatable bonds is 8. The van der Waals surface area contributed by atoms with Gasteiger partial charge in [-0.1, -0.05) is 18.2 Å². The molecule has 2 aromatic carbocycles. The summed E-state index contributed by atoms with van der Waals surface area (Å²) in [5.41, 5.74) is 0.181. The van der Waals surface area contributed by atoms with Crippen molar-refractivity contribution in [2.24, 2.45) is 0 Å². The molecule has 1 atom stereocenters. The molecule has 0 aliphatic carbocycles. The van der Waals surface area contributed by atoms with E-state index >= 15 is 0 Å². The van der Waals surface area contributed by atoms with Gasteiger partial charge >= 0.3 is 0 Å². The van der Waals surface area contributed by atoms with Crippen LogP contribution in [0.1, 0.15) is 12.5 Å². The SMILES string of the molecule is COc1ccc(NC(=O)C(C)N(C)Cc2ccccc2[N+](=O)[O-])c([N+](=O)[O-])c1. The molecule has 1 amide bonds. The van der Waals surface area contributed by atoms with Gasteiger partial charge in [0.15, 0.2) is 0 Å². The fourth-order valence-electron chi connectivity index (χ4n) is 2.56. The Morgan fingerprint density at radius 3 is 2.39 bits per heavy atom. The van der Waals surface area contributed by atoms with Gasteiger partial charge in [-0.2, -0.15) is 0 Å². The fraction of sp³-hybridized carbons (Fsp3) is 0.278. The highest BCUT2D eigenvalue weighted by molar-refractivity contribution is 5.96. The van der Waals surface area contributed by atoms with Crippen LogP contribution in [0, 0.1) is 20.2 Å². The zero-order valence-electron chi connectivity index (χ0n) is 15.6. The highest BCUT2D eigenvalue weighted by Crippen LogP contribution is 2.29. The average molecular weight is 388 g/mol. The van der Waals surface area contributed by atoms with Crippen molar-refractivity contribution < 1.29 is 19.4 Å². The van der Waals surface area contributed by atoms with Gasteiger partial charge in [-0.15, -0.1) is 0 Å². The first-order valence-corrected chi connectivity index (χ1v) is 8.30. The first-order valence-electron chi connectivity index (χ1n) is 8.30. The van der Waals surface area contributed by atoms with Crippen molar-refractivity contribution >= 4 is 23.0 Å². The molecule has 1 unspecified atom stereocenters. The van der Waals surface area contributed by atoms with E-state index in [-0.39, 0.29) is 23.6 Å². The highest BCUT2D eigenvalue weighted by Gasteiger charge is 2.24. The van der Waals surface area contributed by atoms with Gasteiger partial charge in [0, 0.05) is 18.2 Å². The summed E-state index contributed by atoms with van der Waals surface area (Å²) in [5.74, 6) is -0.180. The number of nitrogens with one attached hydrogen (secondary N) is 1. The van der Waals surface area contributed by atoms with Crippen LogP contribution in [0.3, 0.4) is 0 Å². The van der Waals surface area contributed by atoms with Crippen LogP contribution in [0.4, 0.5) is 17.1 Å². The van der Waals surface area contributed by atoms with Crippen molar-refractivity contribution in [3.8, 4) is 5.75 Å². The third-order valence-electron chi connectivity index (χ3n) is 4.31. The molecular formula is C18H20N4O6. The number of carbonyl (C=O) groups excluding carboxylic acids is 1. The lowest BCUT2D eigenvalue weighted by Gasteiger charge is -2.23. The predicted molar refractivity (Wildman–Crippen MR) is 102 cm³/mol. The zero-order chi connectivity index (χ0) is 20.8. The Morgan fingerprint density at radius 2 is 1.79 bits per heavy atom. The van der Waals surface area contributed by atoms with Crippen LogP contribution in [-0.2, 0) is 11.3 Å². The maximum Gasteiger partial charge on any atom is 0.296 e. The van der Waals surface area contributed by atoms with Crippen molar-refractivity contribution in [1.82, 2.24) is 4.90 Å². The number of nitrogens with zero attached hydrogens (tertiary/aromatic N) is 3. The van der Waals surface area contributed by atoms with E-state index in [0.29, 0.717) is 11.3 Å². The maximum atomic E-state index is 12.6. The highest BCUT2D eigenvalue weighted by atomic mass is 16.6. The Bertz CT molecular complexity index is 901. The second kappa shape index (κ2) is 8.91. The monoisotopic (exact) mass is 388 g/mol.